The maximum absolute atomic E-state index is 12.4. The molecule has 9 nitrogen and oxygen atoms in total. The molecule has 0 saturated heterocycles. The molecule has 0 unspecified atom stereocenters. The average molecular weight is 365 g/mol. The molecule has 1 aliphatic rings. The number of aromatic nitrogens is 5. The largest absolute Gasteiger partial charge is 0.345 e. The number of hydrogen-bond donors (Lipinski definition) is 1. The SMILES string of the molecule is Cn1cnc(C(=O)NCc2nnn3c2CN(Cc2ccccc2)C(=O)C3)c1. The predicted octanol–water partition coefficient (Wildman–Crippen LogP) is 0.484. The average Bonchev–Trinajstić information content (AvgIpc) is 3.27. The van der Waals surface area contributed by atoms with Gasteiger partial charge in [-0.25, -0.2) is 9.67 Å². The maximum Gasteiger partial charge on any atom is 0.271 e. The molecule has 138 valence electrons. The number of hydrogen-bond acceptors (Lipinski definition) is 5. The Morgan fingerprint density at radius 1 is 1.22 bits per heavy atom. The first kappa shape index (κ1) is 17.0. The van der Waals surface area contributed by atoms with Gasteiger partial charge >= 0.3 is 0 Å². The van der Waals surface area contributed by atoms with Gasteiger partial charge in [0.15, 0.2) is 0 Å². The van der Waals surface area contributed by atoms with E-state index in [-0.39, 0.29) is 24.9 Å². The van der Waals surface area contributed by atoms with Gasteiger partial charge in [0.05, 0.1) is 25.1 Å². The summed E-state index contributed by atoms with van der Waals surface area (Å²) in [5.74, 6) is -0.272. The highest BCUT2D eigenvalue weighted by Crippen LogP contribution is 2.18. The summed E-state index contributed by atoms with van der Waals surface area (Å²) in [4.78, 5) is 30.4. The Morgan fingerprint density at radius 3 is 2.78 bits per heavy atom. The minimum Gasteiger partial charge on any atom is -0.345 e. The van der Waals surface area contributed by atoms with Gasteiger partial charge in [-0.05, 0) is 5.56 Å². The van der Waals surface area contributed by atoms with E-state index in [1.807, 2.05) is 30.3 Å². The molecule has 0 atom stereocenters. The molecular weight excluding hydrogens is 346 g/mol. The first-order chi connectivity index (χ1) is 13.1. The summed E-state index contributed by atoms with van der Waals surface area (Å²) in [5.41, 5.74) is 2.91. The number of benzene rings is 1. The molecule has 9 heteroatoms. The van der Waals surface area contributed by atoms with Crippen LogP contribution in [0, 0.1) is 0 Å². The van der Waals surface area contributed by atoms with Gasteiger partial charge < -0.3 is 14.8 Å². The highest BCUT2D eigenvalue weighted by Gasteiger charge is 2.27. The molecule has 4 rings (SSSR count). The quantitative estimate of drug-likeness (QED) is 0.709. The normalized spacial score (nSPS) is 13.5. The van der Waals surface area contributed by atoms with Crippen molar-refractivity contribution < 1.29 is 9.59 Å². The zero-order valence-electron chi connectivity index (χ0n) is 14.9. The van der Waals surface area contributed by atoms with E-state index in [4.69, 9.17) is 0 Å². The van der Waals surface area contributed by atoms with Crippen molar-refractivity contribution >= 4 is 11.8 Å². The van der Waals surface area contributed by atoms with Gasteiger partial charge in [0.1, 0.15) is 17.9 Å². The van der Waals surface area contributed by atoms with Crippen molar-refractivity contribution in [3.63, 3.8) is 0 Å². The molecule has 0 aliphatic carbocycles. The summed E-state index contributed by atoms with van der Waals surface area (Å²) in [6.07, 6.45) is 3.22. The van der Waals surface area contributed by atoms with Crippen molar-refractivity contribution in [1.29, 1.82) is 0 Å². The lowest BCUT2D eigenvalue weighted by atomic mass is 10.1. The fourth-order valence-electron chi connectivity index (χ4n) is 3.04. The van der Waals surface area contributed by atoms with Gasteiger partial charge in [0.2, 0.25) is 5.91 Å². The van der Waals surface area contributed by atoms with Crippen LogP contribution < -0.4 is 5.32 Å². The molecule has 27 heavy (non-hydrogen) atoms. The number of aryl methyl sites for hydroxylation is 1. The van der Waals surface area contributed by atoms with E-state index < -0.39 is 0 Å². The molecule has 2 amide bonds. The van der Waals surface area contributed by atoms with Crippen molar-refractivity contribution in [2.24, 2.45) is 7.05 Å². The van der Waals surface area contributed by atoms with Gasteiger partial charge in [0.25, 0.3) is 5.91 Å². The molecule has 0 bridgehead atoms. The van der Waals surface area contributed by atoms with E-state index >= 15 is 0 Å². The minimum absolute atomic E-state index is 0.000300. The zero-order chi connectivity index (χ0) is 18.8. The molecule has 3 aromatic rings. The van der Waals surface area contributed by atoms with Crippen LogP contribution in [-0.2, 0) is 38.0 Å². The topological polar surface area (TPSA) is 97.9 Å². The monoisotopic (exact) mass is 365 g/mol. The van der Waals surface area contributed by atoms with Crippen LogP contribution >= 0.6 is 0 Å². The lowest BCUT2D eigenvalue weighted by Gasteiger charge is -2.27. The van der Waals surface area contributed by atoms with E-state index in [2.05, 4.69) is 20.6 Å². The van der Waals surface area contributed by atoms with E-state index in [1.165, 1.54) is 0 Å². The molecule has 1 N–H and O–H groups in total. The second-order valence-corrected chi connectivity index (χ2v) is 6.48. The summed E-state index contributed by atoms with van der Waals surface area (Å²) >= 11 is 0. The van der Waals surface area contributed by atoms with E-state index in [0.29, 0.717) is 24.5 Å². The van der Waals surface area contributed by atoms with Gasteiger partial charge in [-0.1, -0.05) is 35.5 Å². The van der Waals surface area contributed by atoms with Crippen molar-refractivity contribution in [2.75, 3.05) is 0 Å². The first-order valence-corrected chi connectivity index (χ1v) is 8.59. The number of rotatable bonds is 5. The third kappa shape index (κ3) is 3.57. The van der Waals surface area contributed by atoms with Crippen molar-refractivity contribution in [1.82, 2.24) is 34.8 Å². The first-order valence-electron chi connectivity index (χ1n) is 8.59. The van der Waals surface area contributed by atoms with E-state index in [0.717, 1.165) is 11.3 Å². The van der Waals surface area contributed by atoms with Crippen molar-refractivity contribution in [3.8, 4) is 0 Å². The fraction of sp³-hybridized carbons (Fsp3) is 0.278. The zero-order valence-corrected chi connectivity index (χ0v) is 14.9. The summed E-state index contributed by atoms with van der Waals surface area (Å²) < 4.78 is 3.31. The van der Waals surface area contributed by atoms with E-state index in [9.17, 15) is 9.59 Å². The van der Waals surface area contributed by atoms with Crippen LogP contribution in [-0.4, -0.2) is 41.3 Å². The van der Waals surface area contributed by atoms with Gasteiger partial charge in [0, 0.05) is 19.8 Å². The summed E-state index contributed by atoms with van der Waals surface area (Å²) in [5, 5.41) is 11.0. The second kappa shape index (κ2) is 7.02. The standard InChI is InChI=1S/C18H19N7O2/c1-23-9-15(20-12-23)18(27)19-7-14-16-10-24(8-13-5-3-2-4-6-13)17(26)11-25(16)22-21-14/h2-6,9,12H,7-8,10-11H2,1H3,(H,19,27). The number of carbonyl (C=O) groups is 2. The third-order valence-electron chi connectivity index (χ3n) is 4.47. The number of nitrogens with zero attached hydrogens (tertiary/aromatic N) is 6. The summed E-state index contributed by atoms with van der Waals surface area (Å²) in [6.45, 7) is 1.33. The Morgan fingerprint density at radius 2 is 2.04 bits per heavy atom. The molecule has 0 spiro atoms. The smallest absolute Gasteiger partial charge is 0.271 e. The third-order valence-corrected chi connectivity index (χ3v) is 4.47. The Hall–Kier alpha value is -3.49. The van der Waals surface area contributed by atoms with Crippen molar-refractivity contribution in [3.05, 3.63) is 65.5 Å². The Balaban J connectivity index is 1.45. The minimum atomic E-state index is -0.273. The lowest BCUT2D eigenvalue weighted by molar-refractivity contribution is -0.135. The predicted molar refractivity (Wildman–Crippen MR) is 95.1 cm³/mol. The number of imidazole rings is 1. The number of fused-ring (bicyclic) bond motifs is 1. The molecule has 0 radical (unpaired) electrons. The molecule has 0 saturated carbocycles. The lowest BCUT2D eigenvalue weighted by Crippen LogP contribution is -2.39. The van der Waals surface area contributed by atoms with Crippen LogP contribution in [0.5, 0.6) is 0 Å². The molecule has 3 heterocycles. The summed E-state index contributed by atoms with van der Waals surface area (Å²) in [6, 6.07) is 9.84. The molecule has 0 fully saturated rings. The van der Waals surface area contributed by atoms with Gasteiger partial charge in [-0.15, -0.1) is 5.10 Å². The van der Waals surface area contributed by atoms with Crippen LogP contribution in [0.2, 0.25) is 0 Å². The van der Waals surface area contributed by atoms with Crippen LogP contribution in [0.3, 0.4) is 0 Å². The Labute approximate surface area is 155 Å². The number of carbonyl (C=O) groups excluding carboxylic acids is 2. The van der Waals surface area contributed by atoms with Crippen LogP contribution in [0.25, 0.3) is 0 Å². The van der Waals surface area contributed by atoms with Crippen LogP contribution in [0.15, 0.2) is 42.9 Å². The van der Waals surface area contributed by atoms with Gasteiger partial charge in [-0.3, -0.25) is 9.59 Å². The maximum atomic E-state index is 12.4. The summed E-state index contributed by atoms with van der Waals surface area (Å²) in [7, 11) is 1.80. The second-order valence-electron chi connectivity index (χ2n) is 6.48. The van der Waals surface area contributed by atoms with Crippen LogP contribution in [0.4, 0.5) is 0 Å². The molecule has 1 aliphatic heterocycles. The molecule has 1 aromatic carbocycles. The van der Waals surface area contributed by atoms with Crippen LogP contribution in [0.1, 0.15) is 27.4 Å². The number of nitrogens with one attached hydrogen (secondary N) is 1. The highest BCUT2D eigenvalue weighted by molar-refractivity contribution is 5.91. The fourth-order valence-corrected chi connectivity index (χ4v) is 3.04. The number of amides is 2. The van der Waals surface area contributed by atoms with Crippen molar-refractivity contribution in [2.45, 2.75) is 26.2 Å². The molecule has 2 aromatic heterocycles. The Bertz CT molecular complexity index is 977. The highest BCUT2D eigenvalue weighted by atomic mass is 16.2. The Kier molecular flexibility index (Phi) is 4.41. The van der Waals surface area contributed by atoms with E-state index in [1.54, 1.807) is 33.7 Å². The molecular formula is C18H19N7O2. The van der Waals surface area contributed by atoms with Gasteiger partial charge in [-0.2, -0.15) is 0 Å².